The van der Waals surface area contributed by atoms with E-state index >= 15 is 0 Å². The lowest BCUT2D eigenvalue weighted by Crippen LogP contribution is -2.03. The van der Waals surface area contributed by atoms with Crippen molar-refractivity contribution in [1.29, 1.82) is 0 Å². The largest absolute Gasteiger partial charge is 0.469 e. The molecule has 0 aliphatic rings. The number of methoxy groups -OCH3 is 1. The summed E-state index contributed by atoms with van der Waals surface area (Å²) in [6, 6.07) is 15.4. The van der Waals surface area contributed by atoms with Crippen LogP contribution in [0, 0.1) is 0 Å². The number of aromatic nitrogens is 1. The van der Waals surface area contributed by atoms with Gasteiger partial charge in [-0.05, 0) is 34.9 Å². The van der Waals surface area contributed by atoms with Crippen molar-refractivity contribution < 1.29 is 9.53 Å². The molecule has 0 fully saturated rings. The van der Waals surface area contributed by atoms with Crippen molar-refractivity contribution in [2.24, 2.45) is 0 Å². The molecule has 0 unspecified atom stereocenters. The van der Waals surface area contributed by atoms with Crippen LogP contribution in [0.4, 0.5) is 0 Å². The zero-order valence-electron chi connectivity index (χ0n) is 11.7. The van der Waals surface area contributed by atoms with Gasteiger partial charge in [0.2, 0.25) is 0 Å². The number of hydrogen-bond donors (Lipinski definition) is 1. The third-order valence-electron chi connectivity index (χ3n) is 2.95. The maximum atomic E-state index is 11.4. The maximum absolute atomic E-state index is 11.4. The first kappa shape index (κ1) is 15.1. The number of nitrogens with one attached hydrogen (secondary N) is 1. The molecule has 0 spiro atoms. The first-order chi connectivity index (χ1) is 10.2. The van der Waals surface area contributed by atoms with Gasteiger partial charge < -0.3 is 9.72 Å². The quantitative estimate of drug-likeness (QED) is 0.864. The minimum absolute atomic E-state index is 0.219. The predicted octanol–water partition coefficient (Wildman–Crippen LogP) is 4.18. The van der Waals surface area contributed by atoms with E-state index in [-0.39, 0.29) is 12.4 Å². The molecule has 0 amide bonds. The molecule has 2 rings (SSSR count). The van der Waals surface area contributed by atoms with Crippen LogP contribution < -0.4 is 0 Å². The number of halogens is 1. The van der Waals surface area contributed by atoms with E-state index in [4.69, 9.17) is 16.3 Å². The lowest BCUT2D eigenvalue weighted by atomic mass is 10.1. The standard InChI is InChI=1S/C17H16ClNO2/c1-21-17(20)10-13-7-8-14(5-3-9-19-12-13)15-4-2-6-16(18)11-15/h2-9,11-12,19H,10H2,1H3. The molecule has 108 valence electrons. The molecule has 0 saturated carbocycles. The monoisotopic (exact) mass is 301 g/mol. The van der Waals surface area contributed by atoms with Crippen LogP contribution in [-0.4, -0.2) is 18.1 Å². The zero-order chi connectivity index (χ0) is 15.1. The van der Waals surface area contributed by atoms with Crippen LogP contribution in [0.3, 0.4) is 0 Å². The van der Waals surface area contributed by atoms with Gasteiger partial charge in [-0.1, -0.05) is 41.9 Å². The van der Waals surface area contributed by atoms with Gasteiger partial charge in [-0.15, -0.1) is 0 Å². The van der Waals surface area contributed by atoms with Gasteiger partial charge >= 0.3 is 5.97 Å². The third kappa shape index (κ3) is 4.65. The minimum Gasteiger partial charge on any atom is -0.469 e. The summed E-state index contributed by atoms with van der Waals surface area (Å²) >= 11 is 6.03. The van der Waals surface area contributed by atoms with E-state index < -0.39 is 0 Å². The summed E-state index contributed by atoms with van der Waals surface area (Å²) in [6.45, 7) is 0. The highest BCUT2D eigenvalue weighted by atomic mass is 35.5. The number of aromatic amines is 1. The van der Waals surface area contributed by atoms with Crippen molar-refractivity contribution in [3.63, 3.8) is 0 Å². The summed E-state index contributed by atoms with van der Waals surface area (Å²) in [5.41, 5.74) is 2.86. The van der Waals surface area contributed by atoms with Crippen LogP contribution in [-0.2, 0) is 16.0 Å². The Morgan fingerprint density at radius 2 is 1.95 bits per heavy atom. The fraction of sp³-hybridized carbons (Fsp3) is 0.118. The molecule has 0 aliphatic carbocycles. The van der Waals surface area contributed by atoms with Gasteiger partial charge in [-0.25, -0.2) is 0 Å². The molecule has 0 atom stereocenters. The highest BCUT2D eigenvalue weighted by Crippen LogP contribution is 2.21. The van der Waals surface area contributed by atoms with E-state index in [1.165, 1.54) is 7.11 Å². The van der Waals surface area contributed by atoms with Crippen LogP contribution in [0.2, 0.25) is 5.02 Å². The molecule has 1 heterocycles. The zero-order valence-corrected chi connectivity index (χ0v) is 12.4. The molecule has 2 aromatic rings. The Balaban J connectivity index is 2.43. The summed E-state index contributed by atoms with van der Waals surface area (Å²) in [5, 5.41) is 0.689. The Morgan fingerprint density at radius 3 is 2.71 bits per heavy atom. The van der Waals surface area contributed by atoms with Gasteiger partial charge in [0.05, 0.1) is 13.5 Å². The van der Waals surface area contributed by atoms with E-state index in [0.717, 1.165) is 16.7 Å². The minimum atomic E-state index is -0.274. The number of carbonyl (C=O) groups is 1. The Hall–Kier alpha value is -2.26. The lowest BCUT2D eigenvalue weighted by molar-refractivity contribution is -0.139. The van der Waals surface area contributed by atoms with E-state index in [1.807, 2.05) is 48.5 Å². The second-order valence-corrected chi connectivity index (χ2v) is 4.90. The second-order valence-electron chi connectivity index (χ2n) is 4.46. The van der Waals surface area contributed by atoms with Crippen LogP contribution >= 0.6 is 11.6 Å². The van der Waals surface area contributed by atoms with E-state index in [9.17, 15) is 4.79 Å². The van der Waals surface area contributed by atoms with Crippen LogP contribution in [0.25, 0.3) is 11.1 Å². The number of esters is 1. The molecule has 1 aromatic carbocycles. The first-order valence-electron chi connectivity index (χ1n) is 6.52. The molecule has 0 radical (unpaired) electrons. The average molecular weight is 302 g/mol. The fourth-order valence-corrected chi connectivity index (χ4v) is 2.06. The summed E-state index contributed by atoms with van der Waals surface area (Å²) in [5.74, 6) is -0.274. The van der Waals surface area contributed by atoms with Crippen molar-refractivity contribution in [2.75, 3.05) is 7.11 Å². The smallest absolute Gasteiger partial charge is 0.310 e. The Morgan fingerprint density at radius 1 is 1.14 bits per heavy atom. The number of H-pyrrole nitrogens is 1. The molecule has 0 saturated heterocycles. The summed E-state index contributed by atoms with van der Waals surface area (Å²) in [6.07, 6.45) is 3.80. The molecular formula is C17H16ClNO2. The van der Waals surface area contributed by atoms with Crippen molar-refractivity contribution in [3.05, 3.63) is 71.5 Å². The average Bonchev–Trinajstić information content (AvgIpc) is 2.59. The van der Waals surface area contributed by atoms with Crippen molar-refractivity contribution in [3.8, 4) is 11.1 Å². The summed E-state index contributed by atoms with van der Waals surface area (Å²) < 4.78 is 4.69. The van der Waals surface area contributed by atoms with E-state index in [2.05, 4.69) is 4.98 Å². The van der Waals surface area contributed by atoms with Gasteiger partial charge in [0.25, 0.3) is 0 Å². The molecule has 0 bridgehead atoms. The highest BCUT2D eigenvalue weighted by molar-refractivity contribution is 6.30. The SMILES string of the molecule is COC(=O)Cc1ccc(-c2cccc(Cl)c2)ccc[nH]c1. The summed E-state index contributed by atoms with van der Waals surface area (Å²) in [4.78, 5) is 14.4. The second kappa shape index (κ2) is 7.50. The molecule has 0 aliphatic heterocycles. The number of ether oxygens (including phenoxy) is 1. The van der Waals surface area contributed by atoms with Crippen molar-refractivity contribution in [2.45, 2.75) is 6.42 Å². The molecule has 1 aromatic heterocycles. The number of carbonyl (C=O) groups excluding carboxylic acids is 1. The van der Waals surface area contributed by atoms with Gasteiger partial charge in [0.1, 0.15) is 0 Å². The first-order valence-corrected chi connectivity index (χ1v) is 6.89. The predicted molar refractivity (Wildman–Crippen MR) is 84.6 cm³/mol. The fourth-order valence-electron chi connectivity index (χ4n) is 1.87. The number of benzene rings is 1. The Kier molecular flexibility index (Phi) is 5.41. The topological polar surface area (TPSA) is 42.1 Å². The van der Waals surface area contributed by atoms with Gasteiger partial charge in [-0.2, -0.15) is 0 Å². The van der Waals surface area contributed by atoms with Gasteiger partial charge in [0.15, 0.2) is 0 Å². The highest BCUT2D eigenvalue weighted by Gasteiger charge is 2.01. The van der Waals surface area contributed by atoms with Crippen molar-refractivity contribution in [1.82, 2.24) is 4.98 Å². The van der Waals surface area contributed by atoms with Crippen LogP contribution in [0.1, 0.15) is 5.56 Å². The molecular weight excluding hydrogens is 286 g/mol. The molecule has 1 N–H and O–H groups in total. The Labute approximate surface area is 128 Å². The number of hydrogen-bond acceptors (Lipinski definition) is 2. The van der Waals surface area contributed by atoms with E-state index in [1.54, 1.807) is 12.4 Å². The molecule has 4 heteroatoms. The normalized spacial score (nSPS) is 9.81. The maximum Gasteiger partial charge on any atom is 0.310 e. The van der Waals surface area contributed by atoms with Gasteiger partial charge in [-0.3, -0.25) is 4.79 Å². The van der Waals surface area contributed by atoms with Gasteiger partial charge in [0, 0.05) is 17.4 Å². The molecule has 3 nitrogen and oxygen atoms in total. The lowest BCUT2D eigenvalue weighted by Gasteiger charge is -2.00. The third-order valence-corrected chi connectivity index (χ3v) is 3.18. The van der Waals surface area contributed by atoms with Crippen molar-refractivity contribution >= 4 is 17.6 Å². The van der Waals surface area contributed by atoms with Crippen LogP contribution in [0.5, 0.6) is 0 Å². The molecule has 21 heavy (non-hydrogen) atoms. The Bertz CT molecular complexity index is 678. The summed E-state index contributed by atoms with van der Waals surface area (Å²) in [7, 11) is 1.38. The number of rotatable bonds is 3. The van der Waals surface area contributed by atoms with Crippen LogP contribution in [0.15, 0.2) is 60.9 Å². The van der Waals surface area contributed by atoms with E-state index in [0.29, 0.717) is 5.02 Å².